The monoisotopic (exact) mass is 237 g/mol. The van der Waals surface area contributed by atoms with Gasteiger partial charge in [-0.2, -0.15) is 0 Å². The number of hydrogen-bond acceptors (Lipinski definition) is 2. The first-order chi connectivity index (χ1) is 7.66. The van der Waals surface area contributed by atoms with Crippen LogP contribution in [0.15, 0.2) is 23.1 Å². The highest BCUT2D eigenvalue weighted by Crippen LogP contribution is 2.28. The van der Waals surface area contributed by atoms with E-state index in [-0.39, 0.29) is 0 Å². The van der Waals surface area contributed by atoms with E-state index < -0.39 is 10.8 Å². The molecule has 16 heavy (non-hydrogen) atoms. The van der Waals surface area contributed by atoms with Gasteiger partial charge in [-0.15, -0.1) is 0 Å². The van der Waals surface area contributed by atoms with Gasteiger partial charge in [-0.1, -0.05) is 18.9 Å². The van der Waals surface area contributed by atoms with Crippen molar-refractivity contribution < 1.29 is 4.21 Å². The smallest absolute Gasteiger partial charge is 0.0620 e. The van der Waals surface area contributed by atoms with Gasteiger partial charge in [0, 0.05) is 11.4 Å². The van der Waals surface area contributed by atoms with Crippen molar-refractivity contribution >= 4 is 16.5 Å². The normalized spacial score (nSPS) is 18.8. The minimum absolute atomic E-state index is 0.640. The predicted octanol–water partition coefficient (Wildman–Crippen LogP) is 2.88. The van der Waals surface area contributed by atoms with Crippen LogP contribution in [0.5, 0.6) is 0 Å². The van der Waals surface area contributed by atoms with Crippen LogP contribution < -0.4 is 5.73 Å². The van der Waals surface area contributed by atoms with Crippen LogP contribution in [0.25, 0.3) is 0 Å². The lowest BCUT2D eigenvalue weighted by Crippen LogP contribution is -2.09. The molecular formula is C13H19NOS. The molecule has 88 valence electrons. The van der Waals surface area contributed by atoms with Crippen LogP contribution in [0.4, 0.5) is 5.69 Å². The zero-order valence-electron chi connectivity index (χ0n) is 9.74. The van der Waals surface area contributed by atoms with Gasteiger partial charge in [0.25, 0.3) is 0 Å². The highest BCUT2D eigenvalue weighted by molar-refractivity contribution is 7.85. The zero-order valence-corrected chi connectivity index (χ0v) is 10.6. The minimum atomic E-state index is -0.920. The average molecular weight is 237 g/mol. The summed E-state index contributed by atoms with van der Waals surface area (Å²) in [7, 11) is -0.920. The molecular weight excluding hydrogens is 218 g/mol. The topological polar surface area (TPSA) is 43.1 Å². The fourth-order valence-electron chi connectivity index (χ4n) is 2.32. The molecule has 0 saturated heterocycles. The number of aryl methyl sites for hydroxylation is 1. The van der Waals surface area contributed by atoms with Crippen molar-refractivity contribution in [2.45, 2.75) is 37.5 Å². The molecule has 2 rings (SSSR count). The molecule has 0 aromatic heterocycles. The number of anilines is 1. The van der Waals surface area contributed by atoms with Crippen molar-refractivity contribution in [3.8, 4) is 0 Å². The molecule has 3 heteroatoms. The summed E-state index contributed by atoms with van der Waals surface area (Å²) >= 11 is 0. The second-order valence-corrected chi connectivity index (χ2v) is 6.17. The van der Waals surface area contributed by atoms with Crippen molar-refractivity contribution in [3.63, 3.8) is 0 Å². The maximum absolute atomic E-state index is 12.2. The lowest BCUT2D eigenvalue weighted by atomic mass is 10.1. The second-order valence-electron chi connectivity index (χ2n) is 4.70. The quantitative estimate of drug-likeness (QED) is 0.821. The Morgan fingerprint density at radius 3 is 2.75 bits per heavy atom. The summed E-state index contributed by atoms with van der Waals surface area (Å²) in [5.74, 6) is 1.42. The van der Waals surface area contributed by atoms with E-state index >= 15 is 0 Å². The summed E-state index contributed by atoms with van der Waals surface area (Å²) in [5.41, 5.74) is 7.67. The Labute approximate surface area is 99.7 Å². The van der Waals surface area contributed by atoms with Gasteiger partial charge in [-0.25, -0.2) is 0 Å². The van der Waals surface area contributed by atoms with Crippen molar-refractivity contribution in [1.82, 2.24) is 0 Å². The van der Waals surface area contributed by atoms with Crippen molar-refractivity contribution in [1.29, 1.82) is 0 Å². The first kappa shape index (κ1) is 11.6. The summed E-state index contributed by atoms with van der Waals surface area (Å²) < 4.78 is 12.2. The van der Waals surface area contributed by atoms with Crippen molar-refractivity contribution in [2.75, 3.05) is 11.5 Å². The number of nitrogens with two attached hydrogens (primary N) is 1. The third kappa shape index (κ3) is 2.64. The van der Waals surface area contributed by atoms with E-state index in [1.807, 2.05) is 25.1 Å². The van der Waals surface area contributed by atoms with Crippen LogP contribution in [0.3, 0.4) is 0 Å². The Bertz CT molecular complexity index is 397. The van der Waals surface area contributed by atoms with E-state index in [4.69, 9.17) is 5.73 Å². The Morgan fingerprint density at radius 1 is 1.38 bits per heavy atom. The van der Waals surface area contributed by atoms with Gasteiger partial charge in [0.1, 0.15) is 0 Å². The summed E-state index contributed by atoms with van der Waals surface area (Å²) in [5, 5.41) is 0. The molecule has 0 radical (unpaired) electrons. The molecule has 1 aliphatic carbocycles. The van der Waals surface area contributed by atoms with E-state index in [0.717, 1.165) is 16.2 Å². The average Bonchev–Trinajstić information content (AvgIpc) is 2.74. The number of benzene rings is 1. The summed E-state index contributed by atoms with van der Waals surface area (Å²) in [6.45, 7) is 2.01. The van der Waals surface area contributed by atoms with Crippen LogP contribution in [0.1, 0.15) is 31.2 Å². The third-order valence-electron chi connectivity index (χ3n) is 3.28. The Morgan fingerprint density at radius 2 is 2.06 bits per heavy atom. The van der Waals surface area contributed by atoms with Gasteiger partial charge < -0.3 is 5.73 Å². The van der Waals surface area contributed by atoms with Gasteiger partial charge >= 0.3 is 0 Å². The standard InChI is InChI=1S/C13H19NOS/c1-10-6-7-12(14)13(8-10)16(15)9-11-4-2-3-5-11/h6-8,11H,2-5,9,14H2,1H3. The highest BCUT2D eigenvalue weighted by atomic mass is 32.2. The van der Waals surface area contributed by atoms with Gasteiger partial charge in [0.2, 0.25) is 0 Å². The third-order valence-corrected chi connectivity index (χ3v) is 4.89. The van der Waals surface area contributed by atoms with E-state index in [1.165, 1.54) is 25.7 Å². The minimum Gasteiger partial charge on any atom is -0.398 e. The van der Waals surface area contributed by atoms with Crippen molar-refractivity contribution in [3.05, 3.63) is 23.8 Å². The molecule has 0 aliphatic heterocycles. The van der Waals surface area contributed by atoms with Crippen molar-refractivity contribution in [2.24, 2.45) is 5.92 Å². The molecule has 1 aliphatic rings. The summed E-state index contributed by atoms with van der Waals surface area (Å²) in [6.07, 6.45) is 5.06. The van der Waals surface area contributed by atoms with Gasteiger partial charge in [-0.3, -0.25) is 4.21 Å². The van der Waals surface area contributed by atoms with Gasteiger partial charge in [0.05, 0.1) is 15.7 Å². The van der Waals surface area contributed by atoms with E-state index in [2.05, 4.69) is 0 Å². The molecule has 1 atom stereocenters. The molecule has 0 bridgehead atoms. The summed E-state index contributed by atoms with van der Waals surface area (Å²) in [4.78, 5) is 0.826. The molecule has 0 spiro atoms. The SMILES string of the molecule is Cc1ccc(N)c(S(=O)CC2CCCC2)c1. The maximum atomic E-state index is 12.2. The Kier molecular flexibility index (Phi) is 3.64. The zero-order chi connectivity index (χ0) is 11.5. The maximum Gasteiger partial charge on any atom is 0.0620 e. The van der Waals surface area contributed by atoms with E-state index in [9.17, 15) is 4.21 Å². The number of hydrogen-bond donors (Lipinski definition) is 1. The van der Waals surface area contributed by atoms with Crippen LogP contribution >= 0.6 is 0 Å². The number of nitrogen functional groups attached to an aromatic ring is 1. The largest absolute Gasteiger partial charge is 0.398 e. The molecule has 2 nitrogen and oxygen atoms in total. The number of rotatable bonds is 3. The lowest BCUT2D eigenvalue weighted by Gasteiger charge is -2.10. The fraction of sp³-hybridized carbons (Fsp3) is 0.538. The van der Waals surface area contributed by atoms with Crippen LogP contribution in [0.2, 0.25) is 0 Å². The molecule has 1 aromatic rings. The van der Waals surface area contributed by atoms with E-state index in [1.54, 1.807) is 0 Å². The predicted molar refractivity (Wildman–Crippen MR) is 68.8 cm³/mol. The van der Waals surface area contributed by atoms with Crippen LogP contribution in [-0.4, -0.2) is 9.96 Å². The first-order valence-corrected chi connectivity index (χ1v) is 7.23. The molecule has 2 N–H and O–H groups in total. The molecule has 1 aromatic carbocycles. The van der Waals surface area contributed by atoms with E-state index in [0.29, 0.717) is 11.6 Å². The van der Waals surface area contributed by atoms with Gasteiger partial charge in [-0.05, 0) is 43.4 Å². The molecule has 1 fully saturated rings. The van der Waals surface area contributed by atoms with Crippen LogP contribution in [-0.2, 0) is 10.8 Å². The summed E-state index contributed by atoms with van der Waals surface area (Å²) in [6, 6.07) is 5.78. The molecule has 0 amide bonds. The molecule has 1 saturated carbocycles. The lowest BCUT2D eigenvalue weighted by molar-refractivity contribution is 0.604. The highest BCUT2D eigenvalue weighted by Gasteiger charge is 2.19. The Hall–Kier alpha value is -0.830. The molecule has 1 unspecified atom stereocenters. The molecule has 0 heterocycles. The Balaban J connectivity index is 2.10. The van der Waals surface area contributed by atoms with Crippen LogP contribution in [0, 0.1) is 12.8 Å². The second kappa shape index (κ2) is 5.00. The first-order valence-electron chi connectivity index (χ1n) is 5.91. The fourth-order valence-corrected chi connectivity index (χ4v) is 3.91. The van der Waals surface area contributed by atoms with Gasteiger partial charge in [0.15, 0.2) is 0 Å².